The van der Waals surface area contributed by atoms with Crippen molar-refractivity contribution in [2.75, 3.05) is 7.11 Å². The van der Waals surface area contributed by atoms with Gasteiger partial charge in [-0.1, -0.05) is 40.2 Å². The van der Waals surface area contributed by atoms with E-state index in [1.165, 1.54) is 6.21 Å². The number of hydrazone groups is 1. The molecule has 0 unspecified atom stereocenters. The highest BCUT2D eigenvalue weighted by Crippen LogP contribution is 2.65. The predicted octanol–water partition coefficient (Wildman–Crippen LogP) is 5.19. The molecule has 1 saturated heterocycles. The van der Waals surface area contributed by atoms with E-state index in [-0.39, 0.29) is 35.5 Å². The molecule has 0 radical (unpaired) electrons. The van der Waals surface area contributed by atoms with Gasteiger partial charge in [0.25, 0.3) is 11.8 Å². The maximum atomic E-state index is 13.1. The van der Waals surface area contributed by atoms with Gasteiger partial charge in [0.05, 0.1) is 29.6 Å². The zero-order valence-electron chi connectivity index (χ0n) is 18.4. The Morgan fingerprint density at radius 3 is 2.29 bits per heavy atom. The number of carbonyl (C=O) groups is 2. The molecule has 2 aromatic rings. The van der Waals surface area contributed by atoms with Crippen molar-refractivity contribution in [1.82, 2.24) is 5.01 Å². The van der Waals surface area contributed by atoms with E-state index in [1.54, 1.807) is 13.2 Å². The Labute approximate surface area is 214 Å². The highest BCUT2D eigenvalue weighted by molar-refractivity contribution is 9.10. The molecule has 1 heterocycles. The van der Waals surface area contributed by atoms with E-state index in [1.807, 2.05) is 30.3 Å². The molecule has 2 amide bonds. The number of halogens is 2. The van der Waals surface area contributed by atoms with E-state index in [4.69, 9.17) is 9.47 Å². The number of imide groups is 1. The van der Waals surface area contributed by atoms with Gasteiger partial charge in [-0.25, -0.2) is 0 Å². The van der Waals surface area contributed by atoms with Crippen molar-refractivity contribution in [1.29, 1.82) is 0 Å². The summed E-state index contributed by atoms with van der Waals surface area (Å²) in [5.41, 5.74) is 1.72. The Morgan fingerprint density at radius 1 is 1.03 bits per heavy atom. The summed E-state index contributed by atoms with van der Waals surface area (Å²) in [4.78, 5) is 26.2. The zero-order valence-corrected chi connectivity index (χ0v) is 21.5. The highest BCUT2D eigenvalue weighted by Gasteiger charge is 2.67. The molecule has 0 spiro atoms. The van der Waals surface area contributed by atoms with Crippen LogP contribution in [-0.4, -0.2) is 30.1 Å². The summed E-state index contributed by atoms with van der Waals surface area (Å²) >= 11 is 6.99. The third-order valence-corrected chi connectivity index (χ3v) is 8.63. The molecule has 1 aliphatic heterocycles. The molecule has 2 bridgehead atoms. The van der Waals surface area contributed by atoms with E-state index < -0.39 is 0 Å². The van der Waals surface area contributed by atoms with Crippen LogP contribution in [0.15, 0.2) is 62.6 Å². The minimum atomic E-state index is -0.251. The number of rotatable bonds is 6. The third-order valence-electron chi connectivity index (χ3n) is 7.51. The summed E-state index contributed by atoms with van der Waals surface area (Å²) in [6.45, 7) is 0.383. The van der Waals surface area contributed by atoms with Crippen LogP contribution in [0.1, 0.15) is 17.5 Å². The topological polar surface area (TPSA) is 68.2 Å². The fraction of sp³-hybridized carbons (Fsp3) is 0.346. The van der Waals surface area contributed by atoms with Gasteiger partial charge in [0.2, 0.25) is 0 Å². The number of hydrogen-bond acceptors (Lipinski definition) is 5. The number of amides is 2. The lowest BCUT2D eigenvalue weighted by Crippen LogP contribution is -2.40. The Balaban J connectivity index is 1.20. The molecule has 2 aromatic carbocycles. The van der Waals surface area contributed by atoms with Crippen molar-refractivity contribution < 1.29 is 19.1 Å². The first-order chi connectivity index (χ1) is 16.5. The van der Waals surface area contributed by atoms with Gasteiger partial charge in [-0.15, -0.1) is 0 Å². The van der Waals surface area contributed by atoms with E-state index in [9.17, 15) is 9.59 Å². The lowest BCUT2D eigenvalue weighted by molar-refractivity contribution is -0.140. The fourth-order valence-corrected chi connectivity index (χ4v) is 6.71. The number of benzene rings is 2. The molecule has 5 aliphatic rings. The molecule has 7 rings (SSSR count). The molecule has 174 valence electrons. The van der Waals surface area contributed by atoms with Gasteiger partial charge in [-0.3, -0.25) is 9.59 Å². The first-order valence-electron chi connectivity index (χ1n) is 11.3. The van der Waals surface area contributed by atoms with Crippen LogP contribution in [-0.2, 0) is 16.2 Å². The van der Waals surface area contributed by atoms with Gasteiger partial charge < -0.3 is 9.47 Å². The average molecular weight is 586 g/mol. The molecule has 4 aliphatic carbocycles. The molecule has 2 saturated carbocycles. The molecule has 0 N–H and O–H groups in total. The average Bonchev–Trinajstić information content (AvgIpc) is 3.62. The minimum Gasteiger partial charge on any atom is -0.493 e. The highest BCUT2D eigenvalue weighted by atomic mass is 79.9. The number of hydrogen-bond donors (Lipinski definition) is 0. The Bertz CT molecular complexity index is 1210. The van der Waals surface area contributed by atoms with E-state index in [0.717, 1.165) is 21.5 Å². The summed E-state index contributed by atoms with van der Waals surface area (Å²) in [6.07, 6.45) is 7.00. The summed E-state index contributed by atoms with van der Waals surface area (Å²) in [5.74, 6) is 1.78. The third kappa shape index (κ3) is 3.53. The van der Waals surface area contributed by atoms with Crippen LogP contribution in [0.5, 0.6) is 11.5 Å². The van der Waals surface area contributed by atoms with Crippen molar-refractivity contribution in [2.24, 2.45) is 40.6 Å². The van der Waals surface area contributed by atoms with E-state index >= 15 is 0 Å². The fourth-order valence-electron chi connectivity index (χ4n) is 5.87. The standard InChI is InChI=1S/C26H22Br2N2O4/c1-33-21-9-14(8-20(28)24(21)34-12-13-2-4-15(27)5-3-13)11-29-30-25(31)22-16-6-7-17(19-10-18(16)19)23(22)26(30)32/h2-9,11,16-19,22-23H,10,12H2,1H3/b29-11-/t16-,17-,18-,19+,22-,23+/m0/s1. The molecule has 8 heteroatoms. The number of ether oxygens (including phenoxy) is 2. The summed E-state index contributed by atoms with van der Waals surface area (Å²) in [5, 5.41) is 5.41. The Morgan fingerprint density at radius 2 is 1.68 bits per heavy atom. The maximum Gasteiger partial charge on any atom is 0.254 e. The second-order valence-electron chi connectivity index (χ2n) is 9.34. The molecule has 6 atom stereocenters. The van der Waals surface area contributed by atoms with Crippen molar-refractivity contribution >= 4 is 49.9 Å². The molecular formula is C26H22Br2N2O4. The minimum absolute atomic E-state index is 0.170. The van der Waals surface area contributed by atoms with Crippen LogP contribution in [0, 0.1) is 35.5 Å². The van der Waals surface area contributed by atoms with Crippen LogP contribution in [0.3, 0.4) is 0 Å². The van der Waals surface area contributed by atoms with Crippen molar-refractivity contribution in [3.8, 4) is 11.5 Å². The SMILES string of the molecule is COc1cc(/C=N\N2C(=O)[C@@H]3[C@H]4C=C[C@@H]([C@@H]5C[C@H]45)[C@@H]3C2=O)cc(Br)c1OCc1ccc(Br)cc1. The summed E-state index contributed by atoms with van der Waals surface area (Å²) in [7, 11) is 1.57. The maximum absolute atomic E-state index is 13.1. The first kappa shape index (κ1) is 22.0. The van der Waals surface area contributed by atoms with Gasteiger partial charge in [-0.05, 0) is 81.4 Å². The lowest BCUT2D eigenvalue weighted by atomic mass is 9.63. The first-order valence-corrected chi connectivity index (χ1v) is 12.9. The zero-order chi connectivity index (χ0) is 23.6. The molecular weight excluding hydrogens is 564 g/mol. The lowest BCUT2D eigenvalue weighted by Gasteiger charge is -2.37. The largest absolute Gasteiger partial charge is 0.493 e. The molecule has 0 aromatic heterocycles. The van der Waals surface area contributed by atoms with Gasteiger partial charge in [0, 0.05) is 4.47 Å². The van der Waals surface area contributed by atoms with Crippen molar-refractivity contribution in [3.05, 3.63) is 68.6 Å². The molecule has 3 fully saturated rings. The van der Waals surface area contributed by atoms with E-state index in [2.05, 4.69) is 49.1 Å². The Hall–Kier alpha value is -2.45. The molecule has 34 heavy (non-hydrogen) atoms. The number of allylic oxidation sites excluding steroid dienone is 2. The number of methoxy groups -OCH3 is 1. The van der Waals surface area contributed by atoms with E-state index in [0.29, 0.717) is 40.0 Å². The van der Waals surface area contributed by atoms with Crippen LogP contribution in [0.4, 0.5) is 0 Å². The van der Waals surface area contributed by atoms with Gasteiger partial charge in [0.15, 0.2) is 11.5 Å². The van der Waals surface area contributed by atoms with Gasteiger partial charge in [0.1, 0.15) is 6.61 Å². The predicted molar refractivity (Wildman–Crippen MR) is 133 cm³/mol. The van der Waals surface area contributed by atoms with Gasteiger partial charge in [-0.2, -0.15) is 10.1 Å². The quantitative estimate of drug-likeness (QED) is 0.266. The number of carbonyl (C=O) groups excluding carboxylic acids is 2. The molecule has 6 nitrogen and oxygen atoms in total. The van der Waals surface area contributed by atoms with Crippen LogP contribution >= 0.6 is 31.9 Å². The van der Waals surface area contributed by atoms with Crippen LogP contribution < -0.4 is 9.47 Å². The normalized spacial score (nSPS) is 30.6. The Kier molecular flexibility index (Phi) is 5.41. The van der Waals surface area contributed by atoms with Crippen LogP contribution in [0.25, 0.3) is 0 Å². The van der Waals surface area contributed by atoms with Crippen molar-refractivity contribution in [3.63, 3.8) is 0 Å². The van der Waals surface area contributed by atoms with Crippen molar-refractivity contribution in [2.45, 2.75) is 13.0 Å². The smallest absolute Gasteiger partial charge is 0.254 e. The van der Waals surface area contributed by atoms with Gasteiger partial charge >= 0.3 is 0 Å². The summed E-state index contributed by atoms with van der Waals surface area (Å²) in [6, 6.07) is 11.5. The summed E-state index contributed by atoms with van der Waals surface area (Å²) < 4.78 is 13.2. The monoisotopic (exact) mass is 584 g/mol. The number of nitrogens with zero attached hydrogens (tertiary/aromatic N) is 2. The van der Waals surface area contributed by atoms with Crippen LogP contribution in [0.2, 0.25) is 0 Å². The second kappa shape index (κ2) is 8.34. The second-order valence-corrected chi connectivity index (χ2v) is 11.1.